The van der Waals surface area contributed by atoms with Gasteiger partial charge < -0.3 is 23.7 Å². The van der Waals surface area contributed by atoms with Crippen LogP contribution in [-0.2, 0) is 30.4 Å². The molecule has 0 amide bonds. The first-order chi connectivity index (χ1) is 15.5. The smallest absolute Gasteiger partial charge is 0.308 e. The SMILES string of the molecule is CC(=O)Oc1cc(OC(C)=O)c2c(c1)OC(c1c(OC(C)=O)cccc1OC(C)=O)C(=O)C2. The van der Waals surface area contributed by atoms with E-state index in [2.05, 4.69) is 0 Å². The minimum absolute atomic E-state index is 0.00321. The van der Waals surface area contributed by atoms with Gasteiger partial charge in [0.15, 0.2) is 11.9 Å². The maximum atomic E-state index is 13.1. The number of carbonyl (C=O) groups is 5. The van der Waals surface area contributed by atoms with Gasteiger partial charge in [0.1, 0.15) is 28.7 Å². The average molecular weight is 456 g/mol. The van der Waals surface area contributed by atoms with Crippen LogP contribution in [0.15, 0.2) is 30.3 Å². The van der Waals surface area contributed by atoms with Crippen LogP contribution < -0.4 is 23.7 Å². The third-order valence-electron chi connectivity index (χ3n) is 4.34. The quantitative estimate of drug-likeness (QED) is 0.488. The van der Waals surface area contributed by atoms with Crippen LogP contribution in [-0.4, -0.2) is 29.7 Å². The summed E-state index contributed by atoms with van der Waals surface area (Å²) in [6.45, 7) is 4.73. The monoisotopic (exact) mass is 456 g/mol. The molecule has 1 aliphatic heterocycles. The van der Waals surface area contributed by atoms with Gasteiger partial charge in [0.25, 0.3) is 0 Å². The van der Waals surface area contributed by atoms with Crippen LogP contribution in [0.1, 0.15) is 44.9 Å². The Morgan fingerprint density at radius 2 is 1.30 bits per heavy atom. The largest absolute Gasteiger partial charge is 0.477 e. The molecule has 0 saturated heterocycles. The van der Waals surface area contributed by atoms with E-state index < -0.39 is 35.8 Å². The van der Waals surface area contributed by atoms with Crippen LogP contribution in [0.5, 0.6) is 28.7 Å². The van der Waals surface area contributed by atoms with Crippen molar-refractivity contribution in [2.24, 2.45) is 0 Å². The van der Waals surface area contributed by atoms with E-state index in [1.54, 1.807) is 0 Å². The molecule has 1 heterocycles. The van der Waals surface area contributed by atoms with E-state index in [4.69, 9.17) is 23.7 Å². The lowest BCUT2D eigenvalue weighted by Crippen LogP contribution is -2.28. The van der Waals surface area contributed by atoms with Gasteiger partial charge in [0.2, 0.25) is 0 Å². The summed E-state index contributed by atoms with van der Waals surface area (Å²) in [5.41, 5.74) is 0.298. The van der Waals surface area contributed by atoms with E-state index in [1.165, 1.54) is 58.0 Å². The fourth-order valence-electron chi connectivity index (χ4n) is 3.30. The Morgan fingerprint density at radius 3 is 1.82 bits per heavy atom. The number of Topliss-reactive ketones (excluding diaryl/α,β-unsaturated/α-hetero) is 1. The first-order valence-corrected chi connectivity index (χ1v) is 9.78. The normalized spacial score (nSPS) is 14.4. The minimum Gasteiger partial charge on any atom is -0.477 e. The number of hydrogen-bond donors (Lipinski definition) is 0. The number of fused-ring (bicyclic) bond motifs is 1. The summed E-state index contributed by atoms with van der Waals surface area (Å²) in [4.78, 5) is 59.3. The van der Waals surface area contributed by atoms with Crippen molar-refractivity contribution >= 4 is 29.7 Å². The number of rotatable bonds is 5. The zero-order valence-corrected chi connectivity index (χ0v) is 18.3. The Hall–Kier alpha value is -4.21. The second-order valence-electron chi connectivity index (χ2n) is 7.08. The van der Waals surface area contributed by atoms with Gasteiger partial charge >= 0.3 is 23.9 Å². The number of carbonyl (C=O) groups excluding carboxylic acids is 5. The molecule has 3 rings (SSSR count). The molecule has 10 heteroatoms. The van der Waals surface area contributed by atoms with Crippen molar-refractivity contribution in [1.29, 1.82) is 0 Å². The summed E-state index contributed by atoms with van der Waals surface area (Å²) in [6, 6.07) is 7.00. The molecular formula is C23H20O10. The molecule has 2 aromatic carbocycles. The molecule has 0 spiro atoms. The Bertz CT molecular complexity index is 1130. The van der Waals surface area contributed by atoms with Gasteiger partial charge in [-0.05, 0) is 12.1 Å². The Morgan fingerprint density at radius 1 is 0.788 bits per heavy atom. The van der Waals surface area contributed by atoms with Crippen LogP contribution in [0.4, 0.5) is 0 Å². The van der Waals surface area contributed by atoms with E-state index in [9.17, 15) is 24.0 Å². The topological polar surface area (TPSA) is 132 Å². The maximum absolute atomic E-state index is 13.1. The molecule has 10 nitrogen and oxygen atoms in total. The summed E-state index contributed by atoms with van der Waals surface area (Å²) in [5, 5.41) is 0. The van der Waals surface area contributed by atoms with Crippen LogP contribution in [0, 0.1) is 0 Å². The number of ketones is 1. The van der Waals surface area contributed by atoms with Crippen LogP contribution >= 0.6 is 0 Å². The molecule has 0 fully saturated rings. The Labute approximate surface area is 188 Å². The zero-order valence-electron chi connectivity index (χ0n) is 18.3. The van der Waals surface area contributed by atoms with Gasteiger partial charge in [-0.2, -0.15) is 0 Å². The number of ether oxygens (including phenoxy) is 5. The van der Waals surface area contributed by atoms with E-state index in [0.29, 0.717) is 0 Å². The van der Waals surface area contributed by atoms with Crippen molar-refractivity contribution < 1.29 is 47.7 Å². The molecule has 172 valence electrons. The highest BCUT2D eigenvalue weighted by atomic mass is 16.6. The summed E-state index contributed by atoms with van der Waals surface area (Å²) in [6.07, 6.45) is -1.56. The molecule has 33 heavy (non-hydrogen) atoms. The predicted molar refractivity (Wildman–Crippen MR) is 110 cm³/mol. The maximum Gasteiger partial charge on any atom is 0.308 e. The van der Waals surface area contributed by atoms with Crippen molar-refractivity contribution in [3.8, 4) is 28.7 Å². The zero-order chi connectivity index (χ0) is 24.3. The van der Waals surface area contributed by atoms with Gasteiger partial charge in [-0.25, -0.2) is 0 Å². The van der Waals surface area contributed by atoms with Gasteiger partial charge in [-0.1, -0.05) is 6.07 Å². The number of esters is 4. The fourth-order valence-corrected chi connectivity index (χ4v) is 3.30. The molecule has 0 N–H and O–H groups in total. The van der Waals surface area contributed by atoms with Crippen molar-refractivity contribution in [3.05, 3.63) is 41.5 Å². The first kappa shape index (κ1) is 23.5. The second-order valence-corrected chi connectivity index (χ2v) is 7.08. The molecular weight excluding hydrogens is 436 g/mol. The highest BCUT2D eigenvalue weighted by molar-refractivity contribution is 5.92. The van der Waals surface area contributed by atoms with Crippen LogP contribution in [0.25, 0.3) is 0 Å². The molecule has 1 atom stereocenters. The average Bonchev–Trinajstić information content (AvgIpc) is 2.67. The van der Waals surface area contributed by atoms with E-state index in [-0.39, 0.29) is 46.3 Å². The van der Waals surface area contributed by atoms with Crippen molar-refractivity contribution in [3.63, 3.8) is 0 Å². The number of hydrogen-bond acceptors (Lipinski definition) is 10. The highest BCUT2D eigenvalue weighted by Crippen LogP contribution is 2.45. The van der Waals surface area contributed by atoms with Gasteiger partial charge in [0, 0.05) is 51.8 Å². The Kier molecular flexibility index (Phi) is 6.76. The predicted octanol–water partition coefficient (Wildman–Crippen LogP) is 2.63. The third-order valence-corrected chi connectivity index (χ3v) is 4.34. The second kappa shape index (κ2) is 9.51. The highest BCUT2D eigenvalue weighted by Gasteiger charge is 2.37. The summed E-state index contributed by atoms with van der Waals surface area (Å²) >= 11 is 0. The first-order valence-electron chi connectivity index (χ1n) is 9.78. The summed E-state index contributed by atoms with van der Waals surface area (Å²) in [5.74, 6) is -3.00. The molecule has 0 bridgehead atoms. The molecule has 0 radical (unpaired) electrons. The lowest BCUT2D eigenvalue weighted by molar-refractivity contribution is -0.133. The van der Waals surface area contributed by atoms with Gasteiger partial charge in [-0.3, -0.25) is 24.0 Å². The van der Waals surface area contributed by atoms with Crippen LogP contribution in [0.2, 0.25) is 0 Å². The van der Waals surface area contributed by atoms with Crippen molar-refractivity contribution in [2.75, 3.05) is 0 Å². The van der Waals surface area contributed by atoms with Crippen molar-refractivity contribution in [2.45, 2.75) is 40.2 Å². The van der Waals surface area contributed by atoms with E-state index in [1.807, 2.05) is 0 Å². The molecule has 0 saturated carbocycles. The molecule has 1 aliphatic rings. The summed E-state index contributed by atoms with van der Waals surface area (Å²) < 4.78 is 26.6. The van der Waals surface area contributed by atoms with Gasteiger partial charge in [-0.15, -0.1) is 0 Å². The molecule has 0 aliphatic carbocycles. The number of benzene rings is 2. The lowest BCUT2D eigenvalue weighted by Gasteiger charge is -2.28. The standard InChI is InChI=1S/C23H20O10/c1-11(24)29-15-8-20(32-14(4)27)16-10-17(28)23(33-21(16)9-15)22-18(30-12(2)25)6-5-7-19(22)31-13(3)26/h5-9,23H,10H2,1-4H3. The van der Waals surface area contributed by atoms with Gasteiger partial charge in [0.05, 0.1) is 5.56 Å². The van der Waals surface area contributed by atoms with Crippen molar-refractivity contribution in [1.82, 2.24) is 0 Å². The molecule has 0 aromatic heterocycles. The molecule has 1 unspecified atom stereocenters. The van der Waals surface area contributed by atoms with E-state index >= 15 is 0 Å². The van der Waals surface area contributed by atoms with Crippen LogP contribution in [0.3, 0.4) is 0 Å². The summed E-state index contributed by atoms with van der Waals surface area (Å²) in [7, 11) is 0. The van der Waals surface area contributed by atoms with E-state index in [0.717, 1.165) is 0 Å². The fraction of sp³-hybridized carbons (Fsp3) is 0.261. The third kappa shape index (κ3) is 5.53. The minimum atomic E-state index is -1.33. The Balaban J connectivity index is 2.14. The lowest BCUT2D eigenvalue weighted by atomic mass is 9.94. The molecule has 2 aromatic rings.